The van der Waals surface area contributed by atoms with Crippen LogP contribution in [0.5, 0.6) is 5.75 Å². The molecular weight excluding hydrogens is 339 g/mol. The Labute approximate surface area is 148 Å². The quantitative estimate of drug-likeness (QED) is 0.663. The van der Waals surface area contributed by atoms with E-state index in [1.165, 1.54) is 29.5 Å². The van der Waals surface area contributed by atoms with Crippen LogP contribution >= 0.6 is 11.3 Å². The van der Waals surface area contributed by atoms with Crippen LogP contribution in [-0.4, -0.2) is 10.9 Å². The number of nitrogens with one attached hydrogen (secondary N) is 1. The maximum absolute atomic E-state index is 12.9. The molecule has 126 valence electrons. The van der Waals surface area contributed by atoms with E-state index in [0.717, 1.165) is 10.6 Å². The van der Waals surface area contributed by atoms with Crippen molar-refractivity contribution < 1.29 is 13.9 Å². The summed E-state index contributed by atoms with van der Waals surface area (Å²) in [7, 11) is 0. The highest BCUT2D eigenvalue weighted by atomic mass is 32.1. The molecule has 0 fully saturated rings. The number of benzene rings is 2. The monoisotopic (exact) mass is 354 g/mol. The van der Waals surface area contributed by atoms with Gasteiger partial charge in [-0.15, -0.1) is 11.3 Å². The predicted octanol–water partition coefficient (Wildman–Crippen LogP) is 4.51. The Kier molecular flexibility index (Phi) is 5.53. The zero-order valence-electron chi connectivity index (χ0n) is 13.2. The minimum absolute atomic E-state index is 0.245. The molecule has 0 saturated heterocycles. The molecule has 4 nitrogen and oxygen atoms in total. The zero-order chi connectivity index (χ0) is 17.5. The van der Waals surface area contributed by atoms with E-state index in [1.54, 1.807) is 48.7 Å². The van der Waals surface area contributed by atoms with Gasteiger partial charge in [-0.05, 0) is 35.9 Å². The van der Waals surface area contributed by atoms with Crippen LogP contribution in [0.25, 0.3) is 6.08 Å². The van der Waals surface area contributed by atoms with Gasteiger partial charge in [-0.2, -0.15) is 0 Å². The number of rotatable bonds is 6. The van der Waals surface area contributed by atoms with Crippen molar-refractivity contribution >= 4 is 29.0 Å². The molecule has 0 radical (unpaired) electrons. The standard InChI is InChI=1S/C19H15FN2O2S/c20-15-6-4-14(5-7-15)13-24-17-3-1-2-16(12-17)22-18(23)8-9-19-21-10-11-25-19/h1-12H,13H2,(H,22,23)/b9-8+. The third-order valence-electron chi connectivity index (χ3n) is 3.25. The average molecular weight is 354 g/mol. The Balaban J connectivity index is 1.57. The number of carbonyl (C=O) groups is 1. The fourth-order valence-corrected chi connectivity index (χ4v) is 2.59. The lowest BCUT2D eigenvalue weighted by Gasteiger charge is -2.08. The number of hydrogen-bond donors (Lipinski definition) is 1. The van der Waals surface area contributed by atoms with E-state index in [-0.39, 0.29) is 11.7 Å². The van der Waals surface area contributed by atoms with E-state index >= 15 is 0 Å². The van der Waals surface area contributed by atoms with Gasteiger partial charge in [-0.3, -0.25) is 4.79 Å². The highest BCUT2D eigenvalue weighted by Gasteiger charge is 2.02. The molecule has 0 unspecified atom stereocenters. The van der Waals surface area contributed by atoms with Crippen LogP contribution in [0.4, 0.5) is 10.1 Å². The molecule has 1 heterocycles. The molecule has 0 aliphatic heterocycles. The summed E-state index contributed by atoms with van der Waals surface area (Å²) in [6.07, 6.45) is 4.78. The molecule has 0 saturated carbocycles. The van der Waals surface area contributed by atoms with Crippen molar-refractivity contribution in [3.63, 3.8) is 0 Å². The highest BCUT2D eigenvalue weighted by molar-refractivity contribution is 7.10. The Hall–Kier alpha value is -2.99. The second-order valence-corrected chi connectivity index (χ2v) is 6.06. The van der Waals surface area contributed by atoms with Crippen molar-refractivity contribution in [1.82, 2.24) is 4.98 Å². The van der Waals surface area contributed by atoms with Gasteiger partial charge >= 0.3 is 0 Å². The molecule has 0 spiro atoms. The number of halogens is 1. The normalized spacial score (nSPS) is 10.8. The summed E-state index contributed by atoms with van der Waals surface area (Å²) in [6, 6.07) is 13.2. The fraction of sp³-hybridized carbons (Fsp3) is 0.0526. The van der Waals surface area contributed by atoms with E-state index in [1.807, 2.05) is 5.38 Å². The predicted molar refractivity (Wildman–Crippen MR) is 97.0 cm³/mol. The van der Waals surface area contributed by atoms with Crippen LogP contribution in [0.15, 0.2) is 66.2 Å². The molecule has 25 heavy (non-hydrogen) atoms. The molecule has 0 atom stereocenters. The van der Waals surface area contributed by atoms with Crippen LogP contribution in [0, 0.1) is 5.82 Å². The first kappa shape index (κ1) is 16.9. The molecule has 1 N–H and O–H groups in total. The van der Waals surface area contributed by atoms with E-state index in [4.69, 9.17) is 4.74 Å². The van der Waals surface area contributed by atoms with E-state index in [0.29, 0.717) is 18.0 Å². The second-order valence-electron chi connectivity index (χ2n) is 5.14. The van der Waals surface area contributed by atoms with Gasteiger partial charge in [0.1, 0.15) is 23.2 Å². The van der Waals surface area contributed by atoms with Crippen molar-refractivity contribution in [1.29, 1.82) is 0 Å². The summed E-state index contributed by atoms with van der Waals surface area (Å²) in [5, 5.41) is 5.39. The first-order valence-corrected chi connectivity index (χ1v) is 8.43. The second kappa shape index (κ2) is 8.21. The van der Waals surface area contributed by atoms with Crippen LogP contribution < -0.4 is 10.1 Å². The number of carbonyl (C=O) groups excluding carboxylic acids is 1. The van der Waals surface area contributed by atoms with Gasteiger partial charge in [0.25, 0.3) is 0 Å². The SMILES string of the molecule is O=C(/C=C/c1nccs1)Nc1cccc(OCc2ccc(F)cc2)c1. The molecular formula is C19H15FN2O2S. The zero-order valence-corrected chi connectivity index (χ0v) is 14.0. The van der Waals surface area contributed by atoms with Crippen molar-refractivity contribution in [2.45, 2.75) is 6.61 Å². The van der Waals surface area contributed by atoms with Crippen LogP contribution in [-0.2, 0) is 11.4 Å². The highest BCUT2D eigenvalue weighted by Crippen LogP contribution is 2.19. The van der Waals surface area contributed by atoms with Gasteiger partial charge in [0.05, 0.1) is 0 Å². The Morgan fingerprint density at radius 3 is 2.84 bits per heavy atom. The van der Waals surface area contributed by atoms with Gasteiger partial charge < -0.3 is 10.1 Å². The molecule has 2 aromatic carbocycles. The van der Waals surface area contributed by atoms with Crippen molar-refractivity contribution in [3.8, 4) is 5.75 Å². The summed E-state index contributed by atoms with van der Waals surface area (Å²) in [5.41, 5.74) is 1.49. The number of anilines is 1. The average Bonchev–Trinajstić information content (AvgIpc) is 3.13. The molecule has 3 rings (SSSR count). The molecule has 0 aliphatic rings. The molecule has 1 aromatic heterocycles. The molecule has 3 aromatic rings. The summed E-state index contributed by atoms with van der Waals surface area (Å²) in [4.78, 5) is 16.0. The lowest BCUT2D eigenvalue weighted by molar-refractivity contribution is -0.111. The maximum Gasteiger partial charge on any atom is 0.248 e. The third-order valence-corrected chi connectivity index (χ3v) is 3.99. The smallest absolute Gasteiger partial charge is 0.248 e. The van der Waals surface area contributed by atoms with Crippen LogP contribution in [0.1, 0.15) is 10.6 Å². The first-order valence-electron chi connectivity index (χ1n) is 7.55. The van der Waals surface area contributed by atoms with Gasteiger partial charge in [0.2, 0.25) is 5.91 Å². The number of aromatic nitrogens is 1. The fourth-order valence-electron chi connectivity index (χ4n) is 2.06. The van der Waals surface area contributed by atoms with Crippen molar-refractivity contribution in [2.24, 2.45) is 0 Å². The van der Waals surface area contributed by atoms with Gasteiger partial charge in [0, 0.05) is 29.4 Å². The van der Waals surface area contributed by atoms with E-state index in [9.17, 15) is 9.18 Å². The summed E-state index contributed by atoms with van der Waals surface area (Å²) < 4.78 is 18.6. The largest absolute Gasteiger partial charge is 0.489 e. The van der Waals surface area contributed by atoms with Crippen LogP contribution in [0.3, 0.4) is 0 Å². The van der Waals surface area contributed by atoms with Crippen molar-refractivity contribution in [3.05, 3.63) is 82.6 Å². The van der Waals surface area contributed by atoms with Gasteiger partial charge in [0.15, 0.2) is 0 Å². The molecule has 0 bridgehead atoms. The number of ether oxygens (including phenoxy) is 1. The minimum atomic E-state index is -0.278. The summed E-state index contributed by atoms with van der Waals surface area (Å²) in [6.45, 7) is 0.321. The maximum atomic E-state index is 12.9. The number of hydrogen-bond acceptors (Lipinski definition) is 4. The Morgan fingerprint density at radius 2 is 2.08 bits per heavy atom. The lowest BCUT2D eigenvalue weighted by atomic mass is 10.2. The Bertz CT molecular complexity index is 861. The first-order chi connectivity index (χ1) is 12.2. The molecule has 6 heteroatoms. The molecule has 0 aliphatic carbocycles. The third kappa shape index (κ3) is 5.26. The Morgan fingerprint density at radius 1 is 1.24 bits per heavy atom. The van der Waals surface area contributed by atoms with Gasteiger partial charge in [-0.1, -0.05) is 18.2 Å². The number of amides is 1. The number of thiazole rings is 1. The van der Waals surface area contributed by atoms with Crippen molar-refractivity contribution in [2.75, 3.05) is 5.32 Å². The minimum Gasteiger partial charge on any atom is -0.489 e. The molecule has 1 amide bonds. The van der Waals surface area contributed by atoms with E-state index < -0.39 is 0 Å². The van der Waals surface area contributed by atoms with E-state index in [2.05, 4.69) is 10.3 Å². The lowest BCUT2D eigenvalue weighted by Crippen LogP contribution is -2.07. The summed E-state index contributed by atoms with van der Waals surface area (Å²) in [5.74, 6) is 0.0937. The summed E-state index contributed by atoms with van der Waals surface area (Å²) >= 11 is 1.46. The number of nitrogens with zero attached hydrogens (tertiary/aromatic N) is 1. The topological polar surface area (TPSA) is 51.2 Å². The van der Waals surface area contributed by atoms with Crippen LogP contribution in [0.2, 0.25) is 0 Å². The van der Waals surface area contributed by atoms with Gasteiger partial charge in [-0.25, -0.2) is 9.37 Å².